The van der Waals surface area contributed by atoms with E-state index < -0.39 is 20.0 Å². The standard InChI is InChI=1S/C22H27N3O5S2/c1-2-3-15-30-18-9-7-17(8-10-18)22-23-20-12-11-19(16-21(20)31(26,27)24-22)32(28,29)25-13-5-4-6-14-25/h7-12,16H,2-6,13-15H2,1H3,(H,23,24). The Bertz CT molecular complexity index is 1220. The van der Waals surface area contributed by atoms with E-state index in [1.165, 1.54) is 22.5 Å². The summed E-state index contributed by atoms with van der Waals surface area (Å²) in [5, 5.41) is 3.02. The number of sulfonamides is 2. The van der Waals surface area contributed by atoms with Gasteiger partial charge in [0.15, 0.2) is 5.84 Å². The predicted molar refractivity (Wildman–Crippen MR) is 123 cm³/mol. The molecule has 8 nitrogen and oxygen atoms in total. The molecular weight excluding hydrogens is 450 g/mol. The van der Waals surface area contributed by atoms with Gasteiger partial charge in [0.2, 0.25) is 10.0 Å². The number of fused-ring (bicyclic) bond motifs is 1. The van der Waals surface area contributed by atoms with Crippen LogP contribution in [0, 0.1) is 0 Å². The van der Waals surface area contributed by atoms with E-state index in [0.29, 0.717) is 36.7 Å². The Morgan fingerprint density at radius 2 is 1.78 bits per heavy atom. The SMILES string of the molecule is CCCCOc1ccc(C2=NS(=O)(=O)c3cc(S(=O)(=O)N4CCCCC4)ccc3N2)cc1. The number of nitrogens with zero attached hydrogens (tertiary/aromatic N) is 2. The first-order valence-electron chi connectivity index (χ1n) is 10.8. The fourth-order valence-corrected chi connectivity index (χ4v) is 6.50. The van der Waals surface area contributed by atoms with Crippen molar-refractivity contribution in [3.8, 4) is 5.75 Å². The van der Waals surface area contributed by atoms with Crippen LogP contribution in [0.5, 0.6) is 5.75 Å². The van der Waals surface area contributed by atoms with Gasteiger partial charge in [-0.15, -0.1) is 4.40 Å². The minimum Gasteiger partial charge on any atom is -0.494 e. The average molecular weight is 478 g/mol. The Labute approximate surface area is 189 Å². The Hall–Kier alpha value is -2.43. The third-order valence-electron chi connectivity index (χ3n) is 5.54. The fourth-order valence-electron chi connectivity index (χ4n) is 3.72. The summed E-state index contributed by atoms with van der Waals surface area (Å²) in [6.07, 6.45) is 4.61. The van der Waals surface area contributed by atoms with E-state index in [1.807, 2.05) is 0 Å². The summed E-state index contributed by atoms with van der Waals surface area (Å²) in [7, 11) is -7.82. The molecule has 0 bridgehead atoms. The van der Waals surface area contributed by atoms with Crippen LogP contribution < -0.4 is 10.1 Å². The normalized spacial score (nSPS) is 18.3. The van der Waals surface area contributed by atoms with Gasteiger partial charge in [0.25, 0.3) is 10.0 Å². The first-order valence-corrected chi connectivity index (χ1v) is 13.7. The van der Waals surface area contributed by atoms with E-state index in [4.69, 9.17) is 4.74 Å². The number of nitrogens with one attached hydrogen (secondary N) is 1. The molecule has 0 atom stereocenters. The number of anilines is 1. The van der Waals surface area contributed by atoms with Gasteiger partial charge in [0.1, 0.15) is 10.6 Å². The minimum atomic E-state index is -4.07. The first kappa shape index (κ1) is 22.8. The molecule has 2 aromatic rings. The van der Waals surface area contributed by atoms with Crippen molar-refractivity contribution in [1.29, 1.82) is 0 Å². The Morgan fingerprint density at radius 3 is 2.47 bits per heavy atom. The van der Waals surface area contributed by atoms with Gasteiger partial charge in [0.05, 0.1) is 17.2 Å². The zero-order valence-electron chi connectivity index (χ0n) is 18.0. The molecule has 2 aliphatic rings. The van der Waals surface area contributed by atoms with E-state index in [0.717, 1.165) is 32.1 Å². The molecule has 0 amide bonds. The molecular formula is C22H27N3O5S2. The summed E-state index contributed by atoms with van der Waals surface area (Å²) >= 11 is 0. The zero-order valence-corrected chi connectivity index (χ0v) is 19.6. The molecule has 2 aliphatic heterocycles. The summed E-state index contributed by atoms with van der Waals surface area (Å²) in [5.74, 6) is 0.888. The maximum Gasteiger partial charge on any atom is 0.286 e. The number of rotatable bonds is 7. The number of piperidine rings is 1. The maximum atomic E-state index is 13.0. The molecule has 2 aromatic carbocycles. The van der Waals surface area contributed by atoms with E-state index in [-0.39, 0.29) is 15.6 Å². The van der Waals surface area contributed by atoms with Gasteiger partial charge in [-0.05, 0) is 61.7 Å². The number of amidine groups is 1. The lowest BCUT2D eigenvalue weighted by molar-refractivity contribution is 0.309. The molecule has 10 heteroatoms. The largest absolute Gasteiger partial charge is 0.494 e. The maximum absolute atomic E-state index is 13.0. The highest BCUT2D eigenvalue weighted by molar-refractivity contribution is 7.91. The molecule has 0 aromatic heterocycles. The van der Waals surface area contributed by atoms with Gasteiger partial charge < -0.3 is 10.1 Å². The summed E-state index contributed by atoms with van der Waals surface area (Å²) in [5.41, 5.74) is 0.892. The highest BCUT2D eigenvalue weighted by Gasteiger charge is 2.31. The van der Waals surface area contributed by atoms with Crippen LogP contribution in [-0.2, 0) is 20.0 Å². The van der Waals surface area contributed by atoms with Crippen molar-refractivity contribution in [1.82, 2.24) is 4.31 Å². The molecule has 1 N–H and O–H groups in total. The van der Waals surface area contributed by atoms with Crippen molar-refractivity contribution in [2.75, 3.05) is 25.0 Å². The minimum absolute atomic E-state index is 0.0317. The smallest absolute Gasteiger partial charge is 0.286 e. The van der Waals surface area contributed by atoms with Crippen LogP contribution >= 0.6 is 0 Å². The molecule has 0 spiro atoms. The Morgan fingerprint density at radius 1 is 1.06 bits per heavy atom. The molecule has 1 fully saturated rings. The monoisotopic (exact) mass is 477 g/mol. The van der Waals surface area contributed by atoms with E-state index in [2.05, 4.69) is 16.6 Å². The summed E-state index contributed by atoms with van der Waals surface area (Å²) in [6.45, 7) is 3.61. The van der Waals surface area contributed by atoms with Crippen molar-refractivity contribution in [2.24, 2.45) is 4.40 Å². The average Bonchev–Trinajstić information content (AvgIpc) is 2.79. The Kier molecular flexibility index (Phi) is 6.55. The van der Waals surface area contributed by atoms with Crippen LogP contribution in [0.3, 0.4) is 0 Å². The van der Waals surface area contributed by atoms with Crippen molar-refractivity contribution in [2.45, 2.75) is 48.8 Å². The molecule has 2 heterocycles. The lowest BCUT2D eigenvalue weighted by Gasteiger charge is -2.26. The second-order valence-corrected chi connectivity index (χ2v) is 11.4. The van der Waals surface area contributed by atoms with E-state index in [1.54, 1.807) is 24.3 Å². The molecule has 0 aliphatic carbocycles. The van der Waals surface area contributed by atoms with Crippen molar-refractivity contribution < 1.29 is 21.6 Å². The van der Waals surface area contributed by atoms with E-state index >= 15 is 0 Å². The third kappa shape index (κ3) is 4.67. The molecule has 0 saturated carbocycles. The second kappa shape index (κ2) is 9.21. The summed E-state index contributed by atoms with van der Waals surface area (Å²) in [4.78, 5) is -0.172. The molecule has 172 valence electrons. The van der Waals surface area contributed by atoms with Crippen LogP contribution in [0.25, 0.3) is 0 Å². The summed E-state index contributed by atoms with van der Waals surface area (Å²) in [6, 6.07) is 11.1. The van der Waals surface area contributed by atoms with Gasteiger partial charge in [0, 0.05) is 18.7 Å². The third-order valence-corrected chi connectivity index (χ3v) is 8.75. The van der Waals surface area contributed by atoms with Gasteiger partial charge in [-0.1, -0.05) is 19.8 Å². The lowest BCUT2D eigenvalue weighted by Crippen LogP contribution is -2.35. The van der Waals surface area contributed by atoms with E-state index in [9.17, 15) is 16.8 Å². The van der Waals surface area contributed by atoms with Crippen LogP contribution in [0.4, 0.5) is 5.69 Å². The molecule has 1 saturated heterocycles. The highest BCUT2D eigenvalue weighted by Crippen LogP contribution is 2.32. The topological polar surface area (TPSA) is 105 Å². The van der Waals surface area contributed by atoms with Crippen LogP contribution in [0.1, 0.15) is 44.6 Å². The number of unbranched alkanes of at least 4 members (excludes halogenated alkanes) is 1. The molecule has 32 heavy (non-hydrogen) atoms. The van der Waals surface area contributed by atoms with Crippen molar-refractivity contribution >= 4 is 31.6 Å². The van der Waals surface area contributed by atoms with Crippen molar-refractivity contribution in [3.63, 3.8) is 0 Å². The first-order chi connectivity index (χ1) is 15.3. The van der Waals surface area contributed by atoms with Gasteiger partial charge in [-0.25, -0.2) is 8.42 Å². The van der Waals surface area contributed by atoms with Gasteiger partial charge in [-0.3, -0.25) is 0 Å². The Balaban J connectivity index is 1.59. The van der Waals surface area contributed by atoms with Gasteiger partial charge in [-0.2, -0.15) is 12.7 Å². The number of hydrogen-bond acceptors (Lipinski definition) is 6. The van der Waals surface area contributed by atoms with Crippen LogP contribution in [-0.4, -0.2) is 46.7 Å². The zero-order chi connectivity index (χ0) is 22.8. The quantitative estimate of drug-likeness (QED) is 0.611. The van der Waals surface area contributed by atoms with Crippen molar-refractivity contribution in [3.05, 3.63) is 48.0 Å². The molecule has 0 radical (unpaired) electrons. The van der Waals surface area contributed by atoms with Crippen LogP contribution in [0.15, 0.2) is 56.7 Å². The summed E-state index contributed by atoms with van der Waals surface area (Å²) < 4.78 is 62.7. The molecule has 4 rings (SSSR count). The fraction of sp³-hybridized carbons (Fsp3) is 0.409. The van der Waals surface area contributed by atoms with Gasteiger partial charge >= 0.3 is 0 Å². The van der Waals surface area contributed by atoms with Crippen LogP contribution in [0.2, 0.25) is 0 Å². The second-order valence-electron chi connectivity index (χ2n) is 7.89. The number of ether oxygens (including phenoxy) is 1. The lowest BCUT2D eigenvalue weighted by atomic mass is 10.2. The molecule has 0 unspecified atom stereocenters. The predicted octanol–water partition coefficient (Wildman–Crippen LogP) is 3.60. The number of hydrogen-bond donors (Lipinski definition) is 1. The highest BCUT2D eigenvalue weighted by atomic mass is 32.2. The number of benzene rings is 2.